The molecule has 4 heteroatoms. The lowest BCUT2D eigenvalue weighted by Gasteiger charge is -2.48. The third kappa shape index (κ3) is 31.0. The van der Waals surface area contributed by atoms with E-state index in [0.29, 0.717) is 19.6 Å². The van der Waals surface area contributed by atoms with Gasteiger partial charge in [-0.1, -0.05) is 272 Å². The van der Waals surface area contributed by atoms with Gasteiger partial charge in [0.1, 0.15) is 5.60 Å². The van der Waals surface area contributed by atoms with Crippen LogP contribution in [0.1, 0.15) is 311 Å². The molecule has 0 spiro atoms. The van der Waals surface area contributed by atoms with Gasteiger partial charge in [0.05, 0.1) is 0 Å². The van der Waals surface area contributed by atoms with Crippen LogP contribution in [-0.4, -0.2) is 35.5 Å². The molecule has 0 saturated carbocycles. The van der Waals surface area contributed by atoms with Crippen molar-refractivity contribution >= 4 is 5.97 Å². The van der Waals surface area contributed by atoms with Crippen molar-refractivity contribution in [2.75, 3.05) is 13.2 Å². The molecule has 0 rings (SSSR count). The van der Waals surface area contributed by atoms with Crippen LogP contribution in [0.4, 0.5) is 0 Å². The fourth-order valence-electron chi connectivity index (χ4n) is 9.17. The molecular weight excluding hydrogens is 701 g/mol. The van der Waals surface area contributed by atoms with Gasteiger partial charge in [-0.3, -0.25) is 0 Å². The number of rotatable bonds is 49. The average molecular weight is 807 g/mol. The maximum Gasteiger partial charge on any atom is 0.339 e. The molecule has 342 valence electrons. The van der Waals surface area contributed by atoms with Crippen molar-refractivity contribution in [2.24, 2.45) is 0 Å². The van der Waals surface area contributed by atoms with Crippen LogP contribution in [0.25, 0.3) is 0 Å². The molecule has 0 heterocycles. The van der Waals surface area contributed by atoms with E-state index < -0.39 is 17.2 Å². The zero-order valence-corrected chi connectivity index (χ0v) is 40.0. The van der Waals surface area contributed by atoms with Crippen molar-refractivity contribution in [1.82, 2.24) is 0 Å². The first-order valence-electron chi connectivity index (χ1n) is 26.5. The van der Waals surface area contributed by atoms with E-state index in [1.807, 2.05) is 0 Å². The summed E-state index contributed by atoms with van der Waals surface area (Å²) >= 11 is 0. The summed E-state index contributed by atoms with van der Waals surface area (Å²) in [7, 11) is 0. The van der Waals surface area contributed by atoms with Crippen LogP contribution >= 0.6 is 0 Å². The molecule has 1 atom stereocenters. The van der Waals surface area contributed by atoms with Crippen molar-refractivity contribution in [3.8, 4) is 0 Å². The molecule has 0 aliphatic heterocycles. The zero-order chi connectivity index (χ0) is 41.8. The molecule has 4 nitrogen and oxygen atoms in total. The molecule has 0 amide bonds. The predicted octanol–water partition coefficient (Wildman–Crippen LogP) is 18.5. The van der Waals surface area contributed by atoms with Crippen LogP contribution in [-0.2, 0) is 14.3 Å². The SMILES string of the molecule is CCCCCCCCCCOC(CCCCCCCCCC)(CCCCCCCCCC)C(CCCCCCCCCC)(OCCCCCCCCCC)C(=O)O. The number of ether oxygens (including phenoxy) is 2. The summed E-state index contributed by atoms with van der Waals surface area (Å²) in [5.41, 5.74) is -2.05. The third-order valence-corrected chi connectivity index (χ3v) is 13.1. The van der Waals surface area contributed by atoms with Crippen LogP contribution in [0, 0.1) is 0 Å². The van der Waals surface area contributed by atoms with Gasteiger partial charge in [-0.05, 0) is 38.5 Å². The lowest BCUT2D eigenvalue weighted by molar-refractivity contribution is -0.232. The van der Waals surface area contributed by atoms with E-state index >= 15 is 0 Å². The van der Waals surface area contributed by atoms with Crippen LogP contribution in [0.2, 0.25) is 0 Å². The Bertz CT molecular complexity index is 778. The lowest BCUT2D eigenvalue weighted by atomic mass is 9.72. The van der Waals surface area contributed by atoms with Gasteiger partial charge in [-0.15, -0.1) is 0 Å². The average Bonchev–Trinajstić information content (AvgIpc) is 3.21. The first kappa shape index (κ1) is 56.4. The molecule has 1 unspecified atom stereocenters. The van der Waals surface area contributed by atoms with Gasteiger partial charge in [0.25, 0.3) is 0 Å². The first-order chi connectivity index (χ1) is 28.0. The molecule has 0 aliphatic rings. The minimum Gasteiger partial charge on any atom is -0.479 e. The van der Waals surface area contributed by atoms with Gasteiger partial charge in [-0.25, -0.2) is 4.79 Å². The molecule has 0 bridgehead atoms. The number of aliphatic carboxylic acids is 1. The Labute approximate surface area is 359 Å². The van der Waals surface area contributed by atoms with Gasteiger partial charge in [0.15, 0.2) is 5.60 Å². The van der Waals surface area contributed by atoms with Gasteiger partial charge < -0.3 is 14.6 Å². The highest BCUT2D eigenvalue weighted by Crippen LogP contribution is 2.44. The highest BCUT2D eigenvalue weighted by molar-refractivity contribution is 5.79. The van der Waals surface area contributed by atoms with E-state index in [2.05, 4.69) is 34.6 Å². The number of hydrogen-bond acceptors (Lipinski definition) is 3. The standard InChI is InChI=1S/C53H106O4/c1-6-11-16-21-26-31-36-41-46-52(47-42-37-32-27-22-17-12-7-2,56-49-44-39-34-29-24-19-14-9-4)53(51(54)55,48-43-38-33-28-23-18-13-8-3)57-50-45-40-35-30-25-20-15-10-5/h6-50H2,1-5H3,(H,54,55). The van der Waals surface area contributed by atoms with Gasteiger partial charge in [-0.2, -0.15) is 0 Å². The number of carbonyl (C=O) groups is 1. The fraction of sp³-hybridized carbons (Fsp3) is 0.981. The Morgan fingerprint density at radius 1 is 0.316 bits per heavy atom. The molecular formula is C53H106O4. The van der Waals surface area contributed by atoms with Crippen LogP contribution in [0.3, 0.4) is 0 Å². The Kier molecular flexibility index (Phi) is 43.0. The van der Waals surface area contributed by atoms with E-state index in [1.165, 1.54) is 199 Å². The molecule has 1 N–H and O–H groups in total. The molecule has 0 fully saturated rings. The highest BCUT2D eigenvalue weighted by atomic mass is 16.6. The highest BCUT2D eigenvalue weighted by Gasteiger charge is 2.58. The zero-order valence-electron chi connectivity index (χ0n) is 40.0. The second-order valence-corrected chi connectivity index (χ2v) is 18.4. The van der Waals surface area contributed by atoms with E-state index in [9.17, 15) is 9.90 Å². The first-order valence-corrected chi connectivity index (χ1v) is 26.5. The Morgan fingerprint density at radius 2 is 0.544 bits per heavy atom. The third-order valence-electron chi connectivity index (χ3n) is 13.1. The summed E-state index contributed by atoms with van der Waals surface area (Å²) in [4.78, 5) is 14.1. The Balaban J connectivity index is 6.27. The van der Waals surface area contributed by atoms with Crippen LogP contribution in [0.5, 0.6) is 0 Å². The van der Waals surface area contributed by atoms with E-state index in [-0.39, 0.29) is 0 Å². The molecule has 0 aromatic heterocycles. The number of hydrogen-bond donors (Lipinski definition) is 1. The maximum absolute atomic E-state index is 14.1. The predicted molar refractivity (Wildman–Crippen MR) is 252 cm³/mol. The summed E-state index contributed by atoms with van der Waals surface area (Å²) in [5.74, 6) is -0.750. The summed E-state index contributed by atoms with van der Waals surface area (Å²) in [5, 5.41) is 11.6. The van der Waals surface area contributed by atoms with E-state index in [1.54, 1.807) is 0 Å². The quantitative estimate of drug-likeness (QED) is 0.0622. The second-order valence-electron chi connectivity index (χ2n) is 18.4. The topological polar surface area (TPSA) is 55.8 Å². The largest absolute Gasteiger partial charge is 0.479 e. The monoisotopic (exact) mass is 807 g/mol. The Hall–Kier alpha value is -0.610. The molecule has 0 aromatic rings. The van der Waals surface area contributed by atoms with Crippen molar-refractivity contribution in [2.45, 2.75) is 322 Å². The smallest absolute Gasteiger partial charge is 0.339 e. The lowest BCUT2D eigenvalue weighted by Crippen LogP contribution is -2.62. The van der Waals surface area contributed by atoms with Crippen molar-refractivity contribution in [1.29, 1.82) is 0 Å². The molecule has 0 radical (unpaired) electrons. The summed E-state index contributed by atoms with van der Waals surface area (Å²) in [6.45, 7) is 12.6. The number of carboxylic acid groups (broad SMARTS) is 1. The molecule has 0 aliphatic carbocycles. The number of unbranched alkanes of at least 4 members (excludes halogenated alkanes) is 35. The summed E-state index contributed by atoms with van der Waals surface area (Å²) < 4.78 is 14.3. The van der Waals surface area contributed by atoms with E-state index in [0.717, 1.165) is 70.6 Å². The van der Waals surface area contributed by atoms with Gasteiger partial charge >= 0.3 is 5.97 Å². The molecule has 0 saturated heterocycles. The van der Waals surface area contributed by atoms with Gasteiger partial charge in [0, 0.05) is 13.2 Å². The fourth-order valence-corrected chi connectivity index (χ4v) is 9.17. The minimum absolute atomic E-state index is 0.538. The second kappa shape index (κ2) is 43.5. The normalized spacial score (nSPS) is 13.1. The van der Waals surface area contributed by atoms with Crippen molar-refractivity contribution < 1.29 is 19.4 Å². The molecule has 0 aromatic carbocycles. The Morgan fingerprint density at radius 3 is 0.825 bits per heavy atom. The van der Waals surface area contributed by atoms with E-state index in [4.69, 9.17) is 9.47 Å². The number of carboxylic acids is 1. The van der Waals surface area contributed by atoms with Crippen molar-refractivity contribution in [3.05, 3.63) is 0 Å². The van der Waals surface area contributed by atoms with Crippen LogP contribution < -0.4 is 0 Å². The van der Waals surface area contributed by atoms with Gasteiger partial charge in [0.2, 0.25) is 0 Å². The van der Waals surface area contributed by atoms with Crippen molar-refractivity contribution in [3.63, 3.8) is 0 Å². The summed E-state index contributed by atoms with van der Waals surface area (Å²) in [6, 6.07) is 0. The van der Waals surface area contributed by atoms with Crippen LogP contribution in [0.15, 0.2) is 0 Å². The molecule has 57 heavy (non-hydrogen) atoms. The summed E-state index contributed by atoms with van der Waals surface area (Å²) in [6.07, 6.45) is 51.9. The maximum atomic E-state index is 14.1. The minimum atomic E-state index is -1.28.